The van der Waals surface area contributed by atoms with Gasteiger partial charge in [0.2, 0.25) is 0 Å². The summed E-state index contributed by atoms with van der Waals surface area (Å²) in [7, 11) is -6.11. The number of rotatable bonds is 8. The summed E-state index contributed by atoms with van der Waals surface area (Å²) >= 11 is 0. The Bertz CT molecular complexity index is 1060. The molecule has 0 spiro atoms. The molecule has 0 atom stereocenters. The van der Waals surface area contributed by atoms with Crippen molar-refractivity contribution in [3.8, 4) is 11.6 Å². The van der Waals surface area contributed by atoms with Crippen molar-refractivity contribution < 1.29 is 18.3 Å². The van der Waals surface area contributed by atoms with E-state index < -0.39 is 24.1 Å². The largest absolute Gasteiger partial charge is 0.478 e. The topological polar surface area (TPSA) is 74.7 Å². The molecule has 2 aromatic carbocycles. The zero-order valence-corrected chi connectivity index (χ0v) is 21.5. The first-order valence-electron chi connectivity index (χ1n) is 10.9. The van der Waals surface area contributed by atoms with Crippen molar-refractivity contribution in [2.45, 2.75) is 69.6 Å². The first kappa shape index (κ1) is 25.7. The lowest BCUT2D eigenvalue weighted by Gasteiger charge is -2.38. The molecule has 0 saturated heterocycles. The van der Waals surface area contributed by atoms with E-state index in [4.69, 9.17) is 5.11 Å². The summed E-state index contributed by atoms with van der Waals surface area (Å²) < 4.78 is 28.3. The molecule has 0 fully saturated rings. The van der Waals surface area contributed by atoms with Gasteiger partial charge in [0.15, 0.2) is 0 Å². The SMILES string of the molecule is CC(C)[Si](C#CN(Cc1ccccc1)S(=O)(=O)c1ccc(C(=O)O)cc1)(C(C)C)C(C)C. The molecule has 0 aliphatic rings. The van der Waals surface area contributed by atoms with Gasteiger partial charge in [-0.25, -0.2) is 17.5 Å². The van der Waals surface area contributed by atoms with Crippen LogP contribution in [0.4, 0.5) is 0 Å². The fourth-order valence-electron chi connectivity index (χ4n) is 4.42. The monoisotopic (exact) mass is 471 g/mol. The first-order chi connectivity index (χ1) is 14.9. The third-order valence-electron chi connectivity index (χ3n) is 6.12. The molecule has 32 heavy (non-hydrogen) atoms. The van der Waals surface area contributed by atoms with Crippen LogP contribution in [0.2, 0.25) is 16.6 Å². The first-order valence-corrected chi connectivity index (χ1v) is 14.5. The van der Waals surface area contributed by atoms with Crippen molar-refractivity contribution in [1.29, 1.82) is 0 Å². The minimum atomic E-state index is -3.95. The Labute approximate surface area is 193 Å². The van der Waals surface area contributed by atoms with Gasteiger partial charge >= 0.3 is 5.97 Å². The van der Waals surface area contributed by atoms with Gasteiger partial charge in [0.25, 0.3) is 10.0 Å². The fourth-order valence-corrected chi connectivity index (χ4v) is 10.9. The average Bonchev–Trinajstić information content (AvgIpc) is 2.73. The highest BCUT2D eigenvalue weighted by atomic mass is 32.2. The van der Waals surface area contributed by atoms with E-state index in [-0.39, 0.29) is 17.0 Å². The van der Waals surface area contributed by atoms with Crippen LogP contribution in [0.15, 0.2) is 59.5 Å². The lowest BCUT2D eigenvalue weighted by atomic mass is 10.2. The molecule has 0 saturated carbocycles. The number of carbonyl (C=O) groups is 1. The number of sulfonamides is 1. The van der Waals surface area contributed by atoms with Crippen LogP contribution in [0.3, 0.4) is 0 Å². The summed E-state index contributed by atoms with van der Waals surface area (Å²) in [5, 5.41) is 9.13. The number of nitrogens with zero attached hydrogens (tertiary/aromatic N) is 1. The Balaban J connectivity index is 2.61. The molecular weight excluding hydrogens is 438 g/mol. The number of aromatic carboxylic acids is 1. The normalized spacial score (nSPS) is 12.0. The summed E-state index contributed by atoms with van der Waals surface area (Å²) in [5.41, 5.74) is 5.47. The highest BCUT2D eigenvalue weighted by Crippen LogP contribution is 2.40. The van der Waals surface area contributed by atoms with Crippen molar-refractivity contribution in [2.75, 3.05) is 0 Å². The molecule has 0 unspecified atom stereocenters. The molecular formula is C25H33NO4SSi. The summed E-state index contributed by atoms with van der Waals surface area (Å²) in [6.45, 7) is 13.2. The molecule has 2 rings (SSSR count). The molecule has 7 heteroatoms. The Morgan fingerprint density at radius 3 is 1.84 bits per heavy atom. The summed E-state index contributed by atoms with van der Waals surface area (Å²) in [6.07, 6.45) is 0. The predicted molar refractivity (Wildman–Crippen MR) is 131 cm³/mol. The Hall–Kier alpha value is -2.56. The maximum atomic E-state index is 13.5. The van der Waals surface area contributed by atoms with Gasteiger partial charge in [0.05, 0.1) is 17.0 Å². The van der Waals surface area contributed by atoms with Crippen LogP contribution < -0.4 is 0 Å². The Morgan fingerprint density at radius 2 is 1.41 bits per heavy atom. The molecule has 5 nitrogen and oxygen atoms in total. The molecule has 0 aliphatic heterocycles. The standard InChI is InChI=1S/C25H33NO4SSi/c1-19(2)32(20(3)4,21(5)6)17-16-26(18-22-10-8-7-9-11-22)31(29,30)24-14-12-23(13-15-24)25(27)28/h7-15,19-21H,18H2,1-6H3,(H,27,28). The summed E-state index contributed by atoms with van der Waals surface area (Å²) in [4.78, 5) is 11.2. The van der Waals surface area contributed by atoms with E-state index in [0.717, 1.165) is 5.56 Å². The van der Waals surface area contributed by atoms with Crippen molar-refractivity contribution >= 4 is 24.1 Å². The third kappa shape index (κ3) is 5.43. The van der Waals surface area contributed by atoms with Crippen LogP contribution in [0.25, 0.3) is 0 Å². The van der Waals surface area contributed by atoms with E-state index in [1.54, 1.807) is 0 Å². The summed E-state index contributed by atoms with van der Waals surface area (Å²) in [5.74, 6) is -1.10. The highest BCUT2D eigenvalue weighted by Gasteiger charge is 2.42. The molecule has 0 bridgehead atoms. The van der Waals surface area contributed by atoms with Crippen molar-refractivity contribution in [3.63, 3.8) is 0 Å². The van der Waals surface area contributed by atoms with Gasteiger partial charge in [0, 0.05) is 6.04 Å². The second-order valence-corrected chi connectivity index (χ2v) is 16.4. The number of carboxylic acid groups (broad SMARTS) is 1. The van der Waals surface area contributed by atoms with Gasteiger partial charge in [-0.15, -0.1) is 5.54 Å². The molecule has 0 aliphatic carbocycles. The van der Waals surface area contributed by atoms with Crippen LogP contribution in [0.1, 0.15) is 57.5 Å². The van der Waals surface area contributed by atoms with E-state index in [9.17, 15) is 13.2 Å². The number of hydrogen-bond donors (Lipinski definition) is 1. The third-order valence-corrected chi connectivity index (χ3v) is 14.1. The zero-order valence-electron chi connectivity index (χ0n) is 19.7. The lowest BCUT2D eigenvalue weighted by Crippen LogP contribution is -2.44. The van der Waals surface area contributed by atoms with Crippen molar-refractivity contribution in [1.82, 2.24) is 4.31 Å². The lowest BCUT2D eigenvalue weighted by molar-refractivity contribution is 0.0696. The molecule has 0 heterocycles. The Kier molecular flexibility index (Phi) is 8.33. The van der Waals surface area contributed by atoms with Gasteiger partial charge in [0.1, 0.15) is 8.07 Å². The van der Waals surface area contributed by atoms with E-state index in [0.29, 0.717) is 16.6 Å². The quantitative estimate of drug-likeness (QED) is 0.302. The van der Waals surface area contributed by atoms with Crippen LogP contribution >= 0.6 is 0 Å². The smallest absolute Gasteiger partial charge is 0.335 e. The van der Waals surface area contributed by atoms with Crippen LogP contribution in [-0.2, 0) is 16.6 Å². The van der Waals surface area contributed by atoms with E-state index >= 15 is 0 Å². The van der Waals surface area contributed by atoms with Crippen molar-refractivity contribution in [2.24, 2.45) is 0 Å². The average molecular weight is 472 g/mol. The molecule has 1 N–H and O–H groups in total. The second-order valence-electron chi connectivity index (χ2n) is 8.96. The van der Waals surface area contributed by atoms with Crippen LogP contribution in [0, 0.1) is 11.6 Å². The molecule has 0 aromatic heterocycles. The molecule has 2 aromatic rings. The zero-order chi connectivity index (χ0) is 24.1. The van der Waals surface area contributed by atoms with Gasteiger partial charge in [-0.2, -0.15) is 0 Å². The molecule has 0 radical (unpaired) electrons. The minimum Gasteiger partial charge on any atom is -0.478 e. The number of hydrogen-bond acceptors (Lipinski definition) is 3. The molecule has 172 valence electrons. The van der Waals surface area contributed by atoms with Gasteiger partial charge in [-0.1, -0.05) is 71.9 Å². The van der Waals surface area contributed by atoms with Gasteiger partial charge in [-0.3, -0.25) is 0 Å². The predicted octanol–water partition coefficient (Wildman–Crippen LogP) is 5.75. The number of benzene rings is 2. The van der Waals surface area contributed by atoms with E-state index in [1.807, 2.05) is 30.3 Å². The number of carboxylic acids is 1. The molecule has 0 amide bonds. The summed E-state index contributed by atoms with van der Waals surface area (Å²) in [6, 6.07) is 17.7. The van der Waals surface area contributed by atoms with Crippen LogP contribution in [-0.4, -0.2) is 31.9 Å². The van der Waals surface area contributed by atoms with E-state index in [1.165, 1.54) is 28.6 Å². The fraction of sp³-hybridized carbons (Fsp3) is 0.400. The van der Waals surface area contributed by atoms with Gasteiger partial charge in [-0.05, 0) is 46.5 Å². The minimum absolute atomic E-state index is 0.0265. The van der Waals surface area contributed by atoms with E-state index in [2.05, 4.69) is 53.1 Å². The van der Waals surface area contributed by atoms with Gasteiger partial charge < -0.3 is 5.11 Å². The maximum Gasteiger partial charge on any atom is 0.335 e. The Morgan fingerprint density at radius 1 is 0.906 bits per heavy atom. The second kappa shape index (κ2) is 10.4. The maximum absolute atomic E-state index is 13.5. The van der Waals surface area contributed by atoms with Crippen molar-refractivity contribution in [3.05, 3.63) is 65.7 Å². The van der Waals surface area contributed by atoms with Crippen LogP contribution in [0.5, 0.6) is 0 Å². The highest BCUT2D eigenvalue weighted by molar-refractivity contribution is 7.89.